The van der Waals surface area contributed by atoms with Crippen molar-refractivity contribution >= 4 is 10.0 Å². The molecule has 118 valence electrons. The minimum Gasteiger partial charge on any atom is -0.496 e. The van der Waals surface area contributed by atoms with Crippen LogP contribution in [0.2, 0.25) is 0 Å². The fourth-order valence-electron chi connectivity index (χ4n) is 2.40. The number of nitrogens with zero attached hydrogens (tertiary/aromatic N) is 1. The summed E-state index contributed by atoms with van der Waals surface area (Å²) in [4.78, 5) is 4.29. The van der Waals surface area contributed by atoms with E-state index in [1.165, 1.54) is 0 Å². The maximum absolute atomic E-state index is 12.6. The van der Waals surface area contributed by atoms with Crippen molar-refractivity contribution in [3.05, 3.63) is 52.8 Å². The molecule has 0 saturated carbocycles. The first-order chi connectivity index (χ1) is 10.4. The van der Waals surface area contributed by atoms with Crippen molar-refractivity contribution in [1.82, 2.24) is 9.71 Å². The molecule has 6 heteroatoms. The summed E-state index contributed by atoms with van der Waals surface area (Å²) < 4.78 is 33.2. The topological polar surface area (TPSA) is 68.3 Å². The van der Waals surface area contributed by atoms with Crippen molar-refractivity contribution in [3.8, 4) is 5.75 Å². The first-order valence-electron chi connectivity index (χ1n) is 6.90. The highest BCUT2D eigenvalue weighted by Crippen LogP contribution is 2.30. The van der Waals surface area contributed by atoms with E-state index >= 15 is 0 Å². The lowest BCUT2D eigenvalue weighted by molar-refractivity contribution is 0.410. The van der Waals surface area contributed by atoms with E-state index in [0.29, 0.717) is 21.8 Å². The predicted octanol–water partition coefficient (Wildman–Crippen LogP) is 2.49. The quantitative estimate of drug-likeness (QED) is 0.919. The van der Waals surface area contributed by atoms with E-state index in [0.717, 1.165) is 11.1 Å². The number of aromatic nitrogens is 1. The van der Waals surface area contributed by atoms with Crippen molar-refractivity contribution in [2.24, 2.45) is 0 Å². The third-order valence-electron chi connectivity index (χ3n) is 3.66. The first kappa shape index (κ1) is 16.5. The highest BCUT2D eigenvalue weighted by Gasteiger charge is 2.22. The van der Waals surface area contributed by atoms with Crippen molar-refractivity contribution in [2.75, 3.05) is 7.11 Å². The number of hydrogen-bond donors (Lipinski definition) is 1. The Hall–Kier alpha value is -1.92. The van der Waals surface area contributed by atoms with Crippen LogP contribution in [0.15, 0.2) is 35.5 Å². The molecule has 0 aliphatic rings. The van der Waals surface area contributed by atoms with E-state index in [-0.39, 0.29) is 6.54 Å². The average Bonchev–Trinajstić information content (AvgIpc) is 2.50. The fraction of sp³-hybridized carbons (Fsp3) is 0.312. The van der Waals surface area contributed by atoms with Gasteiger partial charge in [-0.25, -0.2) is 13.1 Å². The summed E-state index contributed by atoms with van der Waals surface area (Å²) in [6.07, 6.45) is 3.29. The van der Waals surface area contributed by atoms with Gasteiger partial charge in [-0.15, -0.1) is 0 Å². The summed E-state index contributed by atoms with van der Waals surface area (Å²) >= 11 is 0. The fourth-order valence-corrected chi connectivity index (χ4v) is 3.94. The summed E-state index contributed by atoms with van der Waals surface area (Å²) in [6, 6.07) is 5.35. The Morgan fingerprint density at radius 2 is 1.95 bits per heavy atom. The van der Waals surface area contributed by atoms with E-state index < -0.39 is 10.0 Å². The van der Waals surface area contributed by atoms with Gasteiger partial charge in [0.05, 0.1) is 12.0 Å². The van der Waals surface area contributed by atoms with Crippen LogP contribution in [-0.2, 0) is 16.6 Å². The van der Waals surface area contributed by atoms with Gasteiger partial charge in [0.25, 0.3) is 0 Å². The minimum atomic E-state index is -3.60. The number of nitrogens with one attached hydrogen (secondary N) is 1. The number of pyridine rings is 1. The Kier molecular flexibility index (Phi) is 4.83. The molecule has 0 bridgehead atoms. The normalized spacial score (nSPS) is 11.5. The molecule has 0 amide bonds. The average molecular weight is 320 g/mol. The number of rotatable bonds is 5. The lowest BCUT2D eigenvalue weighted by Gasteiger charge is -2.16. The number of benzene rings is 1. The van der Waals surface area contributed by atoms with Crippen molar-refractivity contribution in [1.29, 1.82) is 0 Å². The van der Waals surface area contributed by atoms with Gasteiger partial charge in [0, 0.05) is 18.9 Å². The molecule has 1 aromatic heterocycles. The van der Waals surface area contributed by atoms with Gasteiger partial charge >= 0.3 is 0 Å². The monoisotopic (exact) mass is 320 g/mol. The van der Waals surface area contributed by atoms with Crippen molar-refractivity contribution in [3.63, 3.8) is 0 Å². The van der Waals surface area contributed by atoms with E-state index in [1.807, 2.05) is 13.0 Å². The van der Waals surface area contributed by atoms with E-state index in [1.54, 1.807) is 45.5 Å². The van der Waals surface area contributed by atoms with Gasteiger partial charge in [-0.2, -0.15) is 0 Å². The molecular formula is C16H20N2O3S. The zero-order valence-electron chi connectivity index (χ0n) is 13.2. The molecule has 0 atom stereocenters. The van der Waals surface area contributed by atoms with Gasteiger partial charge in [0.15, 0.2) is 0 Å². The van der Waals surface area contributed by atoms with E-state index in [2.05, 4.69) is 9.71 Å². The van der Waals surface area contributed by atoms with Crippen LogP contribution in [-0.4, -0.2) is 20.5 Å². The molecule has 5 nitrogen and oxygen atoms in total. The SMILES string of the molecule is COc1cc(C)c(S(=O)(=O)NCc2cccnc2)c(C)c1C. The molecule has 1 aromatic carbocycles. The molecule has 2 rings (SSSR count). The second-order valence-electron chi connectivity index (χ2n) is 5.16. The molecule has 0 fully saturated rings. The molecule has 22 heavy (non-hydrogen) atoms. The Morgan fingerprint density at radius 1 is 1.23 bits per heavy atom. The third-order valence-corrected chi connectivity index (χ3v) is 5.35. The Labute approximate surface area is 131 Å². The van der Waals surface area contributed by atoms with E-state index in [4.69, 9.17) is 4.74 Å². The third kappa shape index (κ3) is 3.28. The molecule has 0 radical (unpaired) electrons. The molecular weight excluding hydrogens is 300 g/mol. The zero-order chi connectivity index (χ0) is 16.3. The number of aryl methyl sites for hydroxylation is 1. The summed E-state index contributed by atoms with van der Waals surface area (Å²) in [5.74, 6) is 0.696. The van der Waals surface area contributed by atoms with Crippen LogP contribution >= 0.6 is 0 Å². The van der Waals surface area contributed by atoms with Crippen molar-refractivity contribution < 1.29 is 13.2 Å². The van der Waals surface area contributed by atoms with Crippen LogP contribution in [0.25, 0.3) is 0 Å². The zero-order valence-corrected chi connectivity index (χ0v) is 14.0. The lowest BCUT2D eigenvalue weighted by Crippen LogP contribution is -2.25. The Morgan fingerprint density at radius 3 is 2.55 bits per heavy atom. The maximum atomic E-state index is 12.6. The van der Waals surface area contributed by atoms with Gasteiger partial charge in [-0.3, -0.25) is 4.98 Å². The molecule has 0 aliphatic carbocycles. The second-order valence-corrected chi connectivity index (χ2v) is 6.86. The Balaban J connectivity index is 2.36. The molecule has 1 heterocycles. The largest absolute Gasteiger partial charge is 0.496 e. The standard InChI is InChI=1S/C16H20N2O3S/c1-11-8-15(21-4)12(2)13(3)16(11)22(19,20)18-10-14-6-5-7-17-9-14/h5-9,18H,10H2,1-4H3. The van der Waals surface area contributed by atoms with Crippen LogP contribution in [0.1, 0.15) is 22.3 Å². The number of sulfonamides is 1. The van der Waals surface area contributed by atoms with Gasteiger partial charge < -0.3 is 4.74 Å². The molecule has 2 aromatic rings. The molecule has 1 N–H and O–H groups in total. The van der Waals surface area contributed by atoms with E-state index in [9.17, 15) is 8.42 Å². The van der Waals surface area contributed by atoms with Crippen molar-refractivity contribution in [2.45, 2.75) is 32.2 Å². The highest BCUT2D eigenvalue weighted by molar-refractivity contribution is 7.89. The van der Waals surface area contributed by atoms with Gasteiger partial charge in [-0.05, 0) is 55.2 Å². The van der Waals surface area contributed by atoms with Crippen LogP contribution < -0.4 is 9.46 Å². The summed E-state index contributed by atoms with van der Waals surface area (Å²) in [5, 5.41) is 0. The maximum Gasteiger partial charge on any atom is 0.241 e. The predicted molar refractivity (Wildman–Crippen MR) is 85.5 cm³/mol. The lowest BCUT2D eigenvalue weighted by atomic mass is 10.1. The highest BCUT2D eigenvalue weighted by atomic mass is 32.2. The van der Waals surface area contributed by atoms with Crippen LogP contribution in [0.3, 0.4) is 0 Å². The van der Waals surface area contributed by atoms with Crippen LogP contribution in [0.4, 0.5) is 0 Å². The number of methoxy groups -OCH3 is 1. The molecule has 0 saturated heterocycles. The second kappa shape index (κ2) is 6.46. The summed E-state index contributed by atoms with van der Waals surface area (Å²) in [5.41, 5.74) is 3.01. The summed E-state index contributed by atoms with van der Waals surface area (Å²) in [7, 11) is -2.02. The smallest absolute Gasteiger partial charge is 0.241 e. The van der Waals surface area contributed by atoms with Gasteiger partial charge in [-0.1, -0.05) is 6.07 Å². The van der Waals surface area contributed by atoms with Gasteiger partial charge in [0.2, 0.25) is 10.0 Å². The first-order valence-corrected chi connectivity index (χ1v) is 8.38. The number of ether oxygens (including phenoxy) is 1. The Bertz CT molecular complexity index is 772. The molecule has 0 unspecified atom stereocenters. The van der Waals surface area contributed by atoms with Gasteiger partial charge in [0.1, 0.15) is 5.75 Å². The molecule has 0 spiro atoms. The molecule has 0 aliphatic heterocycles. The summed E-state index contributed by atoms with van der Waals surface area (Å²) in [6.45, 7) is 5.63. The van der Waals surface area contributed by atoms with Crippen LogP contribution in [0.5, 0.6) is 5.75 Å². The van der Waals surface area contributed by atoms with Crippen LogP contribution in [0, 0.1) is 20.8 Å². The minimum absolute atomic E-state index is 0.208. The number of hydrogen-bond acceptors (Lipinski definition) is 4.